The van der Waals surface area contributed by atoms with Crippen molar-refractivity contribution in [3.05, 3.63) is 54.1 Å². The van der Waals surface area contributed by atoms with Crippen LogP contribution in [0, 0.1) is 26.7 Å². The molecule has 0 bridgehead atoms. The van der Waals surface area contributed by atoms with Crippen LogP contribution in [0.1, 0.15) is 94.9 Å². The van der Waals surface area contributed by atoms with Crippen LogP contribution in [0.25, 0.3) is 0 Å². The zero-order chi connectivity index (χ0) is 26.4. The smallest absolute Gasteiger partial charge is 0.255 e. The van der Waals surface area contributed by atoms with E-state index in [1.54, 1.807) is 0 Å². The van der Waals surface area contributed by atoms with E-state index in [0.29, 0.717) is 48.7 Å². The number of aromatic amines is 1. The third-order valence-electron chi connectivity index (χ3n) is 8.93. The minimum atomic E-state index is -0.0794. The normalized spacial score (nSPS) is 23.9. The number of thiophene rings is 1. The quantitative estimate of drug-likeness (QED) is 0.531. The molecule has 6 nitrogen and oxygen atoms in total. The third-order valence-corrected chi connectivity index (χ3v) is 10.5. The van der Waals surface area contributed by atoms with Crippen LogP contribution in [0.4, 0.5) is 0 Å². The van der Waals surface area contributed by atoms with Crippen LogP contribution in [0.3, 0.4) is 0 Å². The maximum absolute atomic E-state index is 13.6. The van der Waals surface area contributed by atoms with Crippen molar-refractivity contribution in [3.63, 3.8) is 0 Å². The van der Waals surface area contributed by atoms with E-state index in [1.165, 1.54) is 41.0 Å². The summed E-state index contributed by atoms with van der Waals surface area (Å²) >= 11 is 1.87. The first-order valence-corrected chi connectivity index (χ1v) is 14.9. The third kappa shape index (κ3) is 5.32. The van der Waals surface area contributed by atoms with E-state index >= 15 is 0 Å². The fourth-order valence-electron chi connectivity index (χ4n) is 6.82. The summed E-state index contributed by atoms with van der Waals surface area (Å²) in [4.78, 5) is 36.2. The number of aryl methyl sites for hydroxylation is 2. The van der Waals surface area contributed by atoms with Crippen molar-refractivity contribution in [2.45, 2.75) is 104 Å². The van der Waals surface area contributed by atoms with Crippen LogP contribution in [0.5, 0.6) is 0 Å². The van der Waals surface area contributed by atoms with Crippen LogP contribution in [-0.2, 0) is 17.7 Å². The molecule has 5 rings (SSSR count). The number of nitrogens with zero attached hydrogens (tertiary/aromatic N) is 2. The van der Waals surface area contributed by atoms with E-state index in [-0.39, 0.29) is 11.5 Å². The number of aromatic nitrogens is 1. The molecule has 2 aromatic rings. The first-order valence-electron chi connectivity index (χ1n) is 14.1. The highest BCUT2D eigenvalue weighted by Gasteiger charge is 2.38. The molecule has 37 heavy (non-hydrogen) atoms. The molecule has 1 N–H and O–H groups in total. The monoisotopic (exact) mass is 525 g/mol. The number of fused-ring (bicyclic) bond motifs is 1. The Morgan fingerprint density at radius 3 is 2.43 bits per heavy atom. The predicted molar refractivity (Wildman–Crippen MR) is 150 cm³/mol. The number of ether oxygens (including phenoxy) is 1. The van der Waals surface area contributed by atoms with Crippen molar-refractivity contribution in [1.82, 2.24) is 14.8 Å². The number of hydrogen-bond donors (Lipinski definition) is 1. The highest BCUT2D eigenvalue weighted by molar-refractivity contribution is 7.12. The molecule has 3 aliphatic rings. The molecule has 0 spiro atoms. The fourth-order valence-corrected chi connectivity index (χ4v) is 8.25. The van der Waals surface area contributed by atoms with Gasteiger partial charge in [0.25, 0.3) is 11.5 Å². The van der Waals surface area contributed by atoms with Crippen molar-refractivity contribution in [2.24, 2.45) is 5.92 Å². The molecule has 1 aliphatic carbocycles. The highest BCUT2D eigenvalue weighted by Crippen LogP contribution is 2.44. The maximum Gasteiger partial charge on any atom is 0.255 e. The summed E-state index contributed by atoms with van der Waals surface area (Å²) in [6.45, 7) is 15.9. The minimum Gasteiger partial charge on any atom is -0.373 e. The molecule has 1 unspecified atom stereocenters. The molecule has 4 heterocycles. The van der Waals surface area contributed by atoms with Crippen molar-refractivity contribution >= 4 is 17.2 Å². The molecule has 1 saturated heterocycles. The minimum absolute atomic E-state index is 0.0794. The van der Waals surface area contributed by atoms with Gasteiger partial charge in [0.1, 0.15) is 0 Å². The number of H-pyrrole nitrogens is 1. The Balaban J connectivity index is 1.23. The first kappa shape index (κ1) is 26.6. The Morgan fingerprint density at radius 1 is 1.08 bits per heavy atom. The summed E-state index contributed by atoms with van der Waals surface area (Å²) in [6, 6.07) is 2.69. The number of amides is 1. The molecule has 0 aromatic carbocycles. The maximum atomic E-state index is 13.6. The Bertz CT molecular complexity index is 1200. The summed E-state index contributed by atoms with van der Waals surface area (Å²) in [5, 5.41) is 0. The number of hydrogen-bond acceptors (Lipinski definition) is 5. The number of carbonyl (C=O) groups is 1. The molecule has 1 atom stereocenters. The Morgan fingerprint density at radius 2 is 1.78 bits per heavy atom. The SMILES string of the molecule is Cc1cc(C)c(CN2CCc3sc(C(C)[C@H]4CC[C@H](N5CC(OC(C)C)C5)CC4)c(C)c3C2=O)c(=O)[nH]1. The van der Waals surface area contributed by atoms with Crippen molar-refractivity contribution in [3.8, 4) is 0 Å². The second kappa shape index (κ2) is 10.7. The molecule has 0 radical (unpaired) electrons. The molecule has 2 aliphatic heterocycles. The lowest BCUT2D eigenvalue weighted by Crippen LogP contribution is -2.57. The van der Waals surface area contributed by atoms with Gasteiger partial charge in [0, 0.05) is 53.1 Å². The lowest BCUT2D eigenvalue weighted by Gasteiger charge is -2.47. The predicted octanol–water partition coefficient (Wildman–Crippen LogP) is 5.33. The fraction of sp³-hybridized carbons (Fsp3) is 0.667. The van der Waals surface area contributed by atoms with Crippen LogP contribution in [0.15, 0.2) is 10.9 Å². The molecule has 202 valence electrons. The van der Waals surface area contributed by atoms with Crippen LogP contribution in [-0.4, -0.2) is 58.6 Å². The average molecular weight is 526 g/mol. The molecule has 2 aromatic heterocycles. The standard InChI is InChI=1S/C30H43N3O3S/c1-17(2)36-24-14-33(15-24)23-9-7-22(8-10-23)20(5)28-21(6)27-26(37-28)11-12-32(30(27)35)16-25-18(3)13-19(4)31-29(25)34/h13,17,20,22-24H,7-12,14-16H2,1-6H3,(H,31,34)/t20?,22-,23-. The van der Waals surface area contributed by atoms with E-state index in [0.717, 1.165) is 36.3 Å². The highest BCUT2D eigenvalue weighted by atomic mass is 32.1. The Kier molecular flexibility index (Phi) is 7.68. The lowest BCUT2D eigenvalue weighted by molar-refractivity contribution is -0.100. The van der Waals surface area contributed by atoms with E-state index in [4.69, 9.17) is 4.74 Å². The summed E-state index contributed by atoms with van der Waals surface area (Å²) in [5.41, 5.74) is 4.51. The van der Waals surface area contributed by atoms with Gasteiger partial charge in [0.2, 0.25) is 0 Å². The average Bonchev–Trinajstić information content (AvgIpc) is 3.16. The van der Waals surface area contributed by atoms with E-state index in [2.05, 4.69) is 37.6 Å². The van der Waals surface area contributed by atoms with Crippen molar-refractivity contribution < 1.29 is 9.53 Å². The number of pyridine rings is 1. The summed E-state index contributed by atoms with van der Waals surface area (Å²) in [5.74, 6) is 1.25. The van der Waals surface area contributed by atoms with Gasteiger partial charge in [-0.2, -0.15) is 0 Å². The Labute approximate surface area is 225 Å². The number of carbonyl (C=O) groups excluding carboxylic acids is 1. The van der Waals surface area contributed by atoms with Crippen LogP contribution in [0.2, 0.25) is 0 Å². The molecular weight excluding hydrogens is 482 g/mol. The number of nitrogens with one attached hydrogen (secondary N) is 1. The lowest BCUT2D eigenvalue weighted by atomic mass is 9.76. The molecule has 1 amide bonds. The Hall–Kier alpha value is -1.96. The van der Waals surface area contributed by atoms with Gasteiger partial charge in [-0.05, 0) is 89.3 Å². The zero-order valence-corrected chi connectivity index (χ0v) is 24.2. The van der Waals surface area contributed by atoms with Crippen LogP contribution < -0.4 is 5.56 Å². The summed E-state index contributed by atoms with van der Waals surface area (Å²) < 4.78 is 5.95. The van der Waals surface area contributed by atoms with Crippen molar-refractivity contribution in [1.29, 1.82) is 0 Å². The first-order chi connectivity index (χ1) is 17.6. The second-order valence-electron chi connectivity index (χ2n) is 11.9. The van der Waals surface area contributed by atoms with Gasteiger partial charge in [-0.3, -0.25) is 14.5 Å². The molecule has 2 fully saturated rings. The topological polar surface area (TPSA) is 65.6 Å². The van der Waals surface area contributed by atoms with Crippen molar-refractivity contribution in [2.75, 3.05) is 19.6 Å². The van der Waals surface area contributed by atoms with Gasteiger partial charge >= 0.3 is 0 Å². The van der Waals surface area contributed by atoms with E-state index in [1.807, 2.05) is 36.2 Å². The van der Waals surface area contributed by atoms with Gasteiger partial charge < -0.3 is 14.6 Å². The zero-order valence-electron chi connectivity index (χ0n) is 23.4. The number of rotatable bonds is 7. The second-order valence-corrected chi connectivity index (χ2v) is 13.1. The largest absolute Gasteiger partial charge is 0.373 e. The van der Waals surface area contributed by atoms with E-state index < -0.39 is 0 Å². The van der Waals surface area contributed by atoms with Gasteiger partial charge in [-0.25, -0.2) is 0 Å². The molecular formula is C30H43N3O3S. The van der Waals surface area contributed by atoms with Gasteiger partial charge in [-0.15, -0.1) is 11.3 Å². The number of likely N-dealkylation sites (tertiary alicyclic amines) is 1. The van der Waals surface area contributed by atoms with Crippen LogP contribution >= 0.6 is 11.3 Å². The van der Waals surface area contributed by atoms with E-state index in [9.17, 15) is 9.59 Å². The summed E-state index contributed by atoms with van der Waals surface area (Å²) in [6.07, 6.45) is 6.67. The molecule has 1 saturated carbocycles. The summed E-state index contributed by atoms with van der Waals surface area (Å²) in [7, 11) is 0. The van der Waals surface area contributed by atoms with Gasteiger partial charge in [-0.1, -0.05) is 6.92 Å². The van der Waals surface area contributed by atoms with Gasteiger partial charge in [0.15, 0.2) is 0 Å². The van der Waals surface area contributed by atoms with Gasteiger partial charge in [0.05, 0.1) is 24.3 Å². The molecule has 7 heteroatoms.